The highest BCUT2D eigenvalue weighted by Crippen LogP contribution is 2.38. The van der Waals surface area contributed by atoms with Crippen molar-refractivity contribution in [2.75, 3.05) is 0 Å². The van der Waals surface area contributed by atoms with Crippen molar-refractivity contribution in [2.24, 2.45) is 0 Å². The second kappa shape index (κ2) is 9.85. The van der Waals surface area contributed by atoms with Gasteiger partial charge >= 0.3 is 0 Å². The lowest BCUT2D eigenvalue weighted by atomic mass is 10.0. The normalized spacial score (nSPS) is 11.0. The van der Waals surface area contributed by atoms with Crippen molar-refractivity contribution in [1.82, 2.24) is 29.9 Å². The second-order valence-corrected chi connectivity index (χ2v) is 9.66. The van der Waals surface area contributed by atoms with E-state index >= 15 is 26.3 Å². The molecule has 0 saturated heterocycles. The molecule has 222 valence electrons. The molecule has 48 heavy (non-hydrogen) atoms. The first-order chi connectivity index (χ1) is 23.1. The molecule has 7 aromatic rings. The molecule has 0 fully saturated rings. The lowest BCUT2D eigenvalue weighted by molar-refractivity contribution is 0.580. The summed E-state index contributed by atoms with van der Waals surface area (Å²) in [6.07, 6.45) is 0. The number of benzene rings is 4. The third-order valence-corrected chi connectivity index (χ3v) is 7.34. The molecule has 3 aromatic heterocycles. The fourth-order valence-corrected chi connectivity index (χ4v) is 5.21. The molecule has 4 aromatic carbocycles. The Morgan fingerprint density at radius 3 is 0.625 bits per heavy atom. The van der Waals surface area contributed by atoms with E-state index in [-0.39, 0.29) is 0 Å². The van der Waals surface area contributed by atoms with E-state index in [4.69, 9.17) is 0 Å². The highest BCUT2D eigenvalue weighted by atomic mass is 19.2. The van der Waals surface area contributed by atoms with E-state index in [1.807, 2.05) is 0 Å². The molecule has 0 radical (unpaired) electrons. The van der Waals surface area contributed by atoms with Crippen LogP contribution in [0.15, 0.2) is 0 Å². The molecule has 3 heterocycles. The Labute approximate surface area is 258 Å². The van der Waals surface area contributed by atoms with E-state index in [0.717, 1.165) is 0 Å². The van der Waals surface area contributed by atoms with Gasteiger partial charge in [-0.05, 0) is 0 Å². The van der Waals surface area contributed by atoms with E-state index < -0.39 is 134 Å². The van der Waals surface area contributed by atoms with Crippen LogP contribution in [0.3, 0.4) is 0 Å². The Morgan fingerprint density at radius 1 is 0.250 bits per heavy atom. The quantitative estimate of drug-likeness (QED) is 0.121. The molecule has 0 aliphatic rings. The fourth-order valence-electron chi connectivity index (χ4n) is 5.21. The second-order valence-electron chi connectivity index (χ2n) is 9.66. The van der Waals surface area contributed by atoms with Gasteiger partial charge in [-0.2, -0.15) is 31.6 Å². The minimum Gasteiger partial charge on any atom is -0.240 e. The van der Waals surface area contributed by atoms with Crippen LogP contribution < -0.4 is 0 Å². The Hall–Kier alpha value is -7.80. The zero-order chi connectivity index (χ0) is 34.3. The molecule has 0 saturated carbocycles. The van der Waals surface area contributed by atoms with Crippen molar-refractivity contribution < 1.29 is 26.3 Å². The Balaban J connectivity index is 1.87. The topological polar surface area (TPSA) is 220 Å². The van der Waals surface area contributed by atoms with E-state index in [1.165, 1.54) is 36.4 Å². The van der Waals surface area contributed by atoms with Crippen LogP contribution in [0.4, 0.5) is 26.3 Å². The summed E-state index contributed by atoms with van der Waals surface area (Å²) in [5, 5.41) is 57.0. The molecule has 0 spiro atoms. The number of nitrogens with zero attached hydrogens (tertiary/aromatic N) is 12. The summed E-state index contributed by atoms with van der Waals surface area (Å²) in [6, 6.07) is 8.16. The highest BCUT2D eigenvalue weighted by molar-refractivity contribution is 6.21. The van der Waals surface area contributed by atoms with Gasteiger partial charge in [-0.3, -0.25) is 0 Å². The monoisotopic (exact) mass is 642 g/mol. The zero-order valence-corrected chi connectivity index (χ0v) is 22.6. The van der Waals surface area contributed by atoms with E-state index in [2.05, 4.69) is 29.9 Å². The summed E-state index contributed by atoms with van der Waals surface area (Å²) in [5.74, 6) is -9.50. The standard InChI is InChI=1S/C30F6N12/c31-13-7(1-37)16(34)22-19(10(13)4-40)43-25-28(46-22)26-30(48-23-17(35)8(2-38)14(32)11(5-41)20(23)44-26)27-29(25)47-24-18(36)9(3-39)15(33)12(6-42)21(24)45-27. The third kappa shape index (κ3) is 3.43. The van der Waals surface area contributed by atoms with Crippen molar-refractivity contribution in [2.45, 2.75) is 0 Å². The van der Waals surface area contributed by atoms with Gasteiger partial charge < -0.3 is 0 Å². The first-order valence-electron chi connectivity index (χ1n) is 12.7. The minimum atomic E-state index is -1.59. The van der Waals surface area contributed by atoms with Crippen LogP contribution >= 0.6 is 0 Å². The molecule has 7 rings (SSSR count). The molecule has 0 aliphatic heterocycles. The summed E-state index contributed by atoms with van der Waals surface area (Å²) < 4.78 is 91.4. The molecule has 0 N–H and O–H groups in total. The number of nitriles is 6. The molecule has 18 heteroatoms. The Morgan fingerprint density at radius 2 is 0.438 bits per heavy atom. The Bertz CT molecular complexity index is 2690. The third-order valence-electron chi connectivity index (χ3n) is 7.34. The van der Waals surface area contributed by atoms with E-state index in [9.17, 15) is 31.6 Å². The van der Waals surface area contributed by atoms with Crippen LogP contribution in [0.2, 0.25) is 0 Å². The molecule has 0 aliphatic carbocycles. The molecule has 0 unspecified atom stereocenters. The van der Waals surface area contributed by atoms with Crippen LogP contribution in [0.1, 0.15) is 33.4 Å². The van der Waals surface area contributed by atoms with Crippen LogP contribution in [0.5, 0.6) is 0 Å². The molecule has 0 atom stereocenters. The molecular formula is C30F6N12. The highest BCUT2D eigenvalue weighted by Gasteiger charge is 2.30. The van der Waals surface area contributed by atoms with Crippen LogP contribution in [-0.4, -0.2) is 29.9 Å². The first-order valence-corrected chi connectivity index (χ1v) is 12.7. The predicted octanol–water partition coefficient (Wildman–Crippen LogP) is 5.04. The van der Waals surface area contributed by atoms with Gasteiger partial charge in [0.1, 0.15) is 136 Å². The molecule has 12 nitrogen and oxygen atoms in total. The van der Waals surface area contributed by atoms with Gasteiger partial charge in [0.15, 0.2) is 34.9 Å². The van der Waals surface area contributed by atoms with Gasteiger partial charge in [-0.15, -0.1) is 0 Å². The summed E-state index contributed by atoms with van der Waals surface area (Å²) in [7, 11) is 0. The summed E-state index contributed by atoms with van der Waals surface area (Å²) in [4.78, 5) is 24.6. The lowest BCUT2D eigenvalue weighted by Crippen LogP contribution is -2.07. The summed E-state index contributed by atoms with van der Waals surface area (Å²) >= 11 is 0. The number of aromatic nitrogens is 6. The SMILES string of the molecule is N#Cc1c(F)c(C#N)c2nc3c4nc5c(F)c(C#N)c(F)c(C#N)c5nc4c4nc5c(F)c(C#N)c(F)c(C#N)c5nc4c3nc2c1F. The van der Waals surface area contributed by atoms with Gasteiger partial charge in [0.2, 0.25) is 0 Å². The fraction of sp³-hybridized carbons (Fsp3) is 0. The average molecular weight is 642 g/mol. The number of rotatable bonds is 0. The van der Waals surface area contributed by atoms with Gasteiger partial charge in [0, 0.05) is 0 Å². The van der Waals surface area contributed by atoms with Crippen LogP contribution in [0, 0.1) is 103 Å². The Kier molecular flexibility index (Phi) is 5.94. The molecular weight excluding hydrogens is 642 g/mol. The number of hydrogen-bond donors (Lipinski definition) is 0. The van der Waals surface area contributed by atoms with Gasteiger partial charge in [-0.1, -0.05) is 0 Å². The maximum absolute atomic E-state index is 15.5. The van der Waals surface area contributed by atoms with Crippen molar-refractivity contribution in [3.8, 4) is 36.4 Å². The smallest absolute Gasteiger partial charge is 0.171 e. The summed E-state index contributed by atoms with van der Waals surface area (Å²) in [5.41, 5.74) is -14.7. The zero-order valence-electron chi connectivity index (χ0n) is 22.6. The number of hydrogen-bond acceptors (Lipinski definition) is 12. The largest absolute Gasteiger partial charge is 0.240 e. The van der Waals surface area contributed by atoms with Gasteiger partial charge in [0.25, 0.3) is 0 Å². The van der Waals surface area contributed by atoms with Crippen LogP contribution in [-0.2, 0) is 0 Å². The van der Waals surface area contributed by atoms with E-state index in [1.54, 1.807) is 0 Å². The number of halogens is 6. The van der Waals surface area contributed by atoms with Crippen molar-refractivity contribution in [1.29, 1.82) is 31.6 Å². The van der Waals surface area contributed by atoms with Crippen molar-refractivity contribution >= 4 is 66.2 Å². The minimum absolute atomic E-state index is 0.554. The van der Waals surface area contributed by atoms with Crippen molar-refractivity contribution in [3.63, 3.8) is 0 Å². The van der Waals surface area contributed by atoms with Gasteiger partial charge in [-0.25, -0.2) is 56.2 Å². The average Bonchev–Trinajstić information content (AvgIpc) is 3.08. The summed E-state index contributed by atoms with van der Waals surface area (Å²) in [6.45, 7) is 0. The molecule has 0 bridgehead atoms. The first kappa shape index (κ1) is 28.9. The molecule has 0 amide bonds. The lowest BCUT2D eigenvalue weighted by Gasteiger charge is -2.13. The maximum Gasteiger partial charge on any atom is 0.171 e. The number of fused-ring (bicyclic) bond motifs is 9. The predicted molar refractivity (Wildman–Crippen MR) is 146 cm³/mol. The van der Waals surface area contributed by atoms with E-state index in [0.29, 0.717) is 0 Å². The van der Waals surface area contributed by atoms with Crippen LogP contribution in [0.25, 0.3) is 66.2 Å². The van der Waals surface area contributed by atoms with Crippen molar-refractivity contribution in [3.05, 3.63) is 68.3 Å². The van der Waals surface area contributed by atoms with Gasteiger partial charge in [0.05, 0.1) is 0 Å². The maximum atomic E-state index is 15.5.